The molecule has 3 aromatic rings. The Morgan fingerprint density at radius 1 is 1.17 bits per heavy atom. The quantitative estimate of drug-likeness (QED) is 0.653. The molecule has 3 rings (SSSR count). The van der Waals surface area contributed by atoms with Crippen LogP contribution in [0.3, 0.4) is 0 Å². The third-order valence-electron chi connectivity index (χ3n) is 2.78. The van der Waals surface area contributed by atoms with E-state index in [0.29, 0.717) is 21.9 Å². The molecule has 3 nitrogen and oxygen atoms in total. The summed E-state index contributed by atoms with van der Waals surface area (Å²) in [6.45, 7) is 0. The van der Waals surface area contributed by atoms with Gasteiger partial charge >= 0.3 is 0 Å². The van der Waals surface area contributed by atoms with E-state index in [9.17, 15) is 4.79 Å². The number of aldehydes is 1. The minimum Gasteiger partial charge on any atom is -0.356 e. The normalized spacial score (nSPS) is 10.7. The van der Waals surface area contributed by atoms with Crippen molar-refractivity contribution in [3.8, 4) is 11.3 Å². The predicted molar refractivity (Wildman–Crippen MR) is 69.8 cm³/mol. The van der Waals surface area contributed by atoms with Gasteiger partial charge in [-0.1, -0.05) is 41.0 Å². The number of fused-ring (bicyclic) bond motifs is 1. The van der Waals surface area contributed by atoms with Crippen molar-refractivity contribution in [3.05, 3.63) is 53.1 Å². The molecule has 0 aliphatic carbocycles. The van der Waals surface area contributed by atoms with Gasteiger partial charge in [0.1, 0.15) is 5.69 Å². The van der Waals surface area contributed by atoms with Gasteiger partial charge in [0, 0.05) is 27.6 Å². The van der Waals surface area contributed by atoms with Gasteiger partial charge in [0.05, 0.1) is 0 Å². The smallest absolute Gasteiger partial charge is 0.169 e. The van der Waals surface area contributed by atoms with Crippen molar-refractivity contribution in [2.24, 2.45) is 0 Å². The lowest BCUT2D eigenvalue weighted by atomic mass is 10.0. The molecule has 4 heteroatoms. The second-order valence-electron chi connectivity index (χ2n) is 3.88. The fourth-order valence-electron chi connectivity index (χ4n) is 1.92. The van der Waals surface area contributed by atoms with Crippen LogP contribution in [-0.2, 0) is 0 Å². The van der Waals surface area contributed by atoms with E-state index in [1.165, 1.54) is 0 Å². The monoisotopic (exact) mass is 257 g/mol. The SMILES string of the molecule is O=Cc1ccccc1-c1noc2cc(Cl)ccc12. The molecule has 1 heterocycles. The zero-order chi connectivity index (χ0) is 12.5. The van der Waals surface area contributed by atoms with E-state index in [1.807, 2.05) is 24.3 Å². The highest BCUT2D eigenvalue weighted by molar-refractivity contribution is 6.31. The van der Waals surface area contributed by atoms with Gasteiger partial charge in [0.2, 0.25) is 0 Å². The number of hydrogen-bond donors (Lipinski definition) is 0. The molecule has 2 aromatic carbocycles. The zero-order valence-electron chi connectivity index (χ0n) is 9.26. The molecule has 0 bridgehead atoms. The third kappa shape index (κ3) is 1.69. The molecule has 0 fully saturated rings. The first-order valence-electron chi connectivity index (χ1n) is 5.39. The lowest BCUT2D eigenvalue weighted by molar-refractivity contribution is 0.112. The molecule has 88 valence electrons. The van der Waals surface area contributed by atoms with Crippen molar-refractivity contribution in [2.45, 2.75) is 0 Å². The van der Waals surface area contributed by atoms with Gasteiger partial charge in [-0.3, -0.25) is 4.79 Å². The summed E-state index contributed by atoms with van der Waals surface area (Å²) in [6.07, 6.45) is 0.811. The number of hydrogen-bond acceptors (Lipinski definition) is 3. The third-order valence-corrected chi connectivity index (χ3v) is 3.01. The van der Waals surface area contributed by atoms with Crippen LogP contribution in [0.4, 0.5) is 0 Å². The molecule has 0 unspecified atom stereocenters. The van der Waals surface area contributed by atoms with Crippen LogP contribution in [0.5, 0.6) is 0 Å². The van der Waals surface area contributed by atoms with Crippen LogP contribution < -0.4 is 0 Å². The van der Waals surface area contributed by atoms with Gasteiger partial charge in [-0.25, -0.2) is 0 Å². The second kappa shape index (κ2) is 4.27. The summed E-state index contributed by atoms with van der Waals surface area (Å²) in [7, 11) is 0. The molecular weight excluding hydrogens is 250 g/mol. The average Bonchev–Trinajstić information content (AvgIpc) is 2.81. The molecule has 0 N–H and O–H groups in total. The Balaban J connectivity index is 2.29. The molecule has 0 saturated heterocycles. The van der Waals surface area contributed by atoms with E-state index in [2.05, 4.69) is 5.16 Å². The van der Waals surface area contributed by atoms with Crippen molar-refractivity contribution >= 4 is 28.9 Å². The number of rotatable bonds is 2. The van der Waals surface area contributed by atoms with Gasteiger partial charge in [-0.2, -0.15) is 0 Å². The van der Waals surface area contributed by atoms with Crippen molar-refractivity contribution in [2.75, 3.05) is 0 Å². The minimum atomic E-state index is 0.586. The van der Waals surface area contributed by atoms with Crippen LogP contribution in [0.2, 0.25) is 5.02 Å². The molecule has 0 saturated carbocycles. The Kier molecular flexibility index (Phi) is 2.61. The van der Waals surface area contributed by atoms with Gasteiger partial charge < -0.3 is 4.52 Å². The number of halogens is 1. The molecule has 0 amide bonds. The number of benzene rings is 2. The van der Waals surface area contributed by atoms with Crippen molar-refractivity contribution in [1.29, 1.82) is 0 Å². The van der Waals surface area contributed by atoms with Crippen LogP contribution in [0.25, 0.3) is 22.2 Å². The lowest BCUT2D eigenvalue weighted by Gasteiger charge is -2.00. The summed E-state index contributed by atoms with van der Waals surface area (Å²) in [5.41, 5.74) is 2.61. The van der Waals surface area contributed by atoms with Crippen LogP contribution >= 0.6 is 11.6 Å². The Bertz CT molecular complexity index is 733. The van der Waals surface area contributed by atoms with Crippen LogP contribution in [-0.4, -0.2) is 11.4 Å². The van der Waals surface area contributed by atoms with E-state index < -0.39 is 0 Å². The first-order valence-corrected chi connectivity index (χ1v) is 5.77. The first-order chi connectivity index (χ1) is 8.79. The summed E-state index contributed by atoms with van der Waals surface area (Å²) in [4.78, 5) is 11.0. The lowest BCUT2D eigenvalue weighted by Crippen LogP contribution is -1.87. The van der Waals surface area contributed by atoms with Crippen molar-refractivity contribution < 1.29 is 9.32 Å². The predicted octanol–water partition coefficient (Wildman–Crippen LogP) is 3.96. The minimum absolute atomic E-state index is 0.586. The largest absolute Gasteiger partial charge is 0.356 e. The standard InChI is InChI=1S/C14H8ClNO2/c15-10-5-6-12-13(7-10)18-16-14(12)11-4-2-1-3-9(11)8-17/h1-8H. The topological polar surface area (TPSA) is 43.1 Å². The molecule has 0 aliphatic heterocycles. The summed E-state index contributed by atoms with van der Waals surface area (Å²) >= 11 is 5.89. The van der Waals surface area contributed by atoms with Crippen LogP contribution in [0.15, 0.2) is 47.0 Å². The van der Waals surface area contributed by atoms with Crippen LogP contribution in [0, 0.1) is 0 Å². The fourth-order valence-corrected chi connectivity index (χ4v) is 2.08. The van der Waals surface area contributed by atoms with Crippen molar-refractivity contribution in [1.82, 2.24) is 5.16 Å². The highest BCUT2D eigenvalue weighted by atomic mass is 35.5. The summed E-state index contributed by atoms with van der Waals surface area (Å²) in [5, 5.41) is 5.46. The number of carbonyl (C=O) groups is 1. The Labute approximate surface area is 108 Å². The van der Waals surface area contributed by atoms with Gasteiger partial charge in [0.25, 0.3) is 0 Å². The maximum absolute atomic E-state index is 11.0. The fraction of sp³-hybridized carbons (Fsp3) is 0. The van der Waals surface area contributed by atoms with E-state index in [4.69, 9.17) is 16.1 Å². The first kappa shape index (κ1) is 11.0. The molecule has 0 aliphatic rings. The number of carbonyl (C=O) groups excluding carboxylic acids is 1. The highest BCUT2D eigenvalue weighted by Crippen LogP contribution is 2.31. The molecule has 1 aromatic heterocycles. The summed E-state index contributed by atoms with van der Waals surface area (Å²) < 4.78 is 5.23. The summed E-state index contributed by atoms with van der Waals surface area (Å²) in [6, 6.07) is 12.6. The van der Waals surface area contributed by atoms with E-state index >= 15 is 0 Å². The molecule has 0 atom stereocenters. The van der Waals surface area contributed by atoms with E-state index in [0.717, 1.165) is 17.2 Å². The highest BCUT2D eigenvalue weighted by Gasteiger charge is 2.13. The van der Waals surface area contributed by atoms with E-state index in [1.54, 1.807) is 18.2 Å². The second-order valence-corrected chi connectivity index (χ2v) is 4.31. The zero-order valence-corrected chi connectivity index (χ0v) is 10.0. The maximum Gasteiger partial charge on any atom is 0.169 e. The van der Waals surface area contributed by atoms with Crippen molar-refractivity contribution in [3.63, 3.8) is 0 Å². The average molecular weight is 258 g/mol. The van der Waals surface area contributed by atoms with Gasteiger partial charge in [-0.15, -0.1) is 0 Å². The summed E-state index contributed by atoms with van der Waals surface area (Å²) in [5.74, 6) is 0. The Morgan fingerprint density at radius 3 is 2.83 bits per heavy atom. The number of aromatic nitrogens is 1. The molecule has 0 radical (unpaired) electrons. The molecule has 18 heavy (non-hydrogen) atoms. The van der Waals surface area contributed by atoms with Gasteiger partial charge in [-0.05, 0) is 12.1 Å². The van der Waals surface area contributed by atoms with E-state index in [-0.39, 0.29) is 0 Å². The Hall–Kier alpha value is -2.13. The molecular formula is C14H8ClNO2. The van der Waals surface area contributed by atoms with Gasteiger partial charge in [0.15, 0.2) is 11.9 Å². The Morgan fingerprint density at radius 2 is 2.00 bits per heavy atom. The number of nitrogens with zero attached hydrogens (tertiary/aromatic N) is 1. The maximum atomic E-state index is 11.0. The molecule has 0 spiro atoms. The van der Waals surface area contributed by atoms with Crippen LogP contribution in [0.1, 0.15) is 10.4 Å².